The number of aliphatic carboxylic acids is 1. The molecule has 0 aromatic heterocycles. The second kappa shape index (κ2) is 6.16. The molecule has 1 aromatic carbocycles. The lowest BCUT2D eigenvalue weighted by Gasteiger charge is -2.57. The minimum Gasteiger partial charge on any atom is -0.549 e. The monoisotopic (exact) mass is 329 g/mol. The number of carboxylic acid groups (broad SMARTS) is 1. The molecule has 1 aromatic rings. The highest BCUT2D eigenvalue weighted by atomic mass is 32.2. The van der Waals surface area contributed by atoms with Gasteiger partial charge in [0.1, 0.15) is 0 Å². The Morgan fingerprint density at radius 3 is 2.17 bits per heavy atom. The summed E-state index contributed by atoms with van der Waals surface area (Å²) in [6, 6.07) is 9.88. The fourth-order valence-electron chi connectivity index (χ4n) is 5.92. The van der Waals surface area contributed by atoms with Crippen molar-refractivity contribution in [3.63, 3.8) is 0 Å². The van der Waals surface area contributed by atoms with Crippen molar-refractivity contribution >= 4 is 17.7 Å². The van der Waals surface area contributed by atoms with Crippen LogP contribution < -0.4 is 5.11 Å². The van der Waals surface area contributed by atoms with Crippen LogP contribution in [0.3, 0.4) is 0 Å². The van der Waals surface area contributed by atoms with E-state index in [0.29, 0.717) is 5.41 Å². The van der Waals surface area contributed by atoms with Gasteiger partial charge in [0.2, 0.25) is 0 Å². The maximum absolute atomic E-state index is 11.6. The highest BCUT2D eigenvalue weighted by Gasteiger charge is 2.50. The van der Waals surface area contributed by atoms with E-state index < -0.39 is 11.2 Å². The summed E-state index contributed by atoms with van der Waals surface area (Å²) >= 11 is 1.46. The summed E-state index contributed by atoms with van der Waals surface area (Å²) in [6.07, 6.45) is 10.2. The fraction of sp³-hybridized carbons (Fsp3) is 0.650. The second-order valence-electron chi connectivity index (χ2n) is 8.19. The molecule has 1 unspecified atom stereocenters. The third kappa shape index (κ3) is 3.31. The first-order valence-electron chi connectivity index (χ1n) is 9.04. The van der Waals surface area contributed by atoms with Gasteiger partial charge in [-0.05, 0) is 86.7 Å². The van der Waals surface area contributed by atoms with Gasteiger partial charge in [-0.1, -0.05) is 18.2 Å². The molecule has 0 heterocycles. The SMILES string of the molecule is O=C([O-])C(CCC12CC3CC(CC(C3)C1)C2)Sc1ccccc1. The van der Waals surface area contributed by atoms with Crippen molar-refractivity contribution in [1.29, 1.82) is 0 Å². The Morgan fingerprint density at radius 2 is 1.65 bits per heavy atom. The minimum absolute atomic E-state index is 0.412. The summed E-state index contributed by atoms with van der Waals surface area (Å²) in [6.45, 7) is 0. The molecule has 4 aliphatic carbocycles. The first-order valence-corrected chi connectivity index (χ1v) is 9.92. The van der Waals surface area contributed by atoms with Crippen LogP contribution in [-0.2, 0) is 4.79 Å². The summed E-state index contributed by atoms with van der Waals surface area (Å²) in [4.78, 5) is 12.6. The van der Waals surface area contributed by atoms with Crippen molar-refractivity contribution in [2.75, 3.05) is 0 Å². The molecule has 0 N–H and O–H groups in total. The van der Waals surface area contributed by atoms with E-state index in [4.69, 9.17) is 0 Å². The first kappa shape index (κ1) is 15.6. The Hall–Kier alpha value is -0.960. The quantitative estimate of drug-likeness (QED) is 0.743. The molecular weight excluding hydrogens is 304 g/mol. The molecule has 0 radical (unpaired) electrons. The highest BCUT2D eigenvalue weighted by molar-refractivity contribution is 8.00. The van der Waals surface area contributed by atoms with E-state index in [9.17, 15) is 9.90 Å². The van der Waals surface area contributed by atoms with Gasteiger partial charge in [-0.3, -0.25) is 0 Å². The van der Waals surface area contributed by atoms with Crippen LogP contribution in [0.25, 0.3) is 0 Å². The number of hydrogen-bond acceptors (Lipinski definition) is 3. The maximum atomic E-state index is 11.6. The van der Waals surface area contributed by atoms with Crippen LogP contribution in [0.2, 0.25) is 0 Å². The number of carbonyl (C=O) groups is 1. The molecule has 124 valence electrons. The number of thioether (sulfide) groups is 1. The third-order valence-corrected chi connectivity index (χ3v) is 7.64. The Kier molecular flexibility index (Phi) is 4.17. The summed E-state index contributed by atoms with van der Waals surface area (Å²) < 4.78 is 0. The first-order chi connectivity index (χ1) is 11.1. The van der Waals surface area contributed by atoms with Crippen molar-refractivity contribution in [2.45, 2.75) is 61.5 Å². The van der Waals surface area contributed by atoms with Crippen LogP contribution in [0.4, 0.5) is 0 Å². The van der Waals surface area contributed by atoms with Gasteiger partial charge in [0.15, 0.2) is 0 Å². The molecule has 2 nitrogen and oxygen atoms in total. The molecule has 0 saturated heterocycles. The smallest absolute Gasteiger partial charge is 0.0548 e. The Balaban J connectivity index is 1.41. The molecule has 4 bridgehead atoms. The number of carboxylic acids is 1. The largest absolute Gasteiger partial charge is 0.549 e. The molecule has 1 atom stereocenters. The molecule has 0 amide bonds. The van der Waals surface area contributed by atoms with E-state index in [1.165, 1.54) is 50.3 Å². The van der Waals surface area contributed by atoms with E-state index in [1.54, 1.807) is 0 Å². The third-order valence-electron chi connectivity index (χ3n) is 6.39. The molecule has 4 fully saturated rings. The average molecular weight is 329 g/mol. The average Bonchev–Trinajstić information content (AvgIpc) is 2.51. The summed E-state index contributed by atoms with van der Waals surface area (Å²) in [5.41, 5.74) is 0.458. The van der Waals surface area contributed by atoms with Gasteiger partial charge < -0.3 is 9.90 Å². The predicted molar refractivity (Wildman–Crippen MR) is 90.9 cm³/mol. The van der Waals surface area contributed by atoms with Crippen molar-refractivity contribution in [3.05, 3.63) is 30.3 Å². The molecule has 0 spiro atoms. The summed E-state index contributed by atoms with van der Waals surface area (Å²) in [5, 5.41) is 11.2. The molecule has 5 rings (SSSR count). The van der Waals surface area contributed by atoms with Gasteiger partial charge in [0, 0.05) is 10.1 Å². The lowest BCUT2D eigenvalue weighted by atomic mass is 9.48. The highest BCUT2D eigenvalue weighted by Crippen LogP contribution is 2.61. The number of carbonyl (C=O) groups excluding carboxylic acids is 1. The lowest BCUT2D eigenvalue weighted by Crippen LogP contribution is -2.46. The summed E-state index contributed by atoms with van der Waals surface area (Å²) in [7, 11) is 0. The predicted octanol–water partition coefficient (Wildman–Crippen LogP) is 3.89. The normalized spacial score (nSPS) is 36.1. The fourth-order valence-corrected chi connectivity index (χ4v) is 6.90. The number of rotatable bonds is 6. The van der Waals surface area contributed by atoms with Crippen LogP contribution in [0, 0.1) is 23.2 Å². The van der Waals surface area contributed by atoms with Gasteiger partial charge in [0.05, 0.1) is 5.97 Å². The molecule has 3 heteroatoms. The van der Waals surface area contributed by atoms with Crippen molar-refractivity contribution in [3.8, 4) is 0 Å². The molecule has 23 heavy (non-hydrogen) atoms. The minimum atomic E-state index is -0.899. The molecule has 0 aliphatic heterocycles. The zero-order valence-electron chi connectivity index (χ0n) is 13.6. The van der Waals surface area contributed by atoms with Crippen LogP contribution in [0.1, 0.15) is 51.4 Å². The van der Waals surface area contributed by atoms with Gasteiger partial charge >= 0.3 is 0 Å². The van der Waals surface area contributed by atoms with E-state index in [1.807, 2.05) is 30.3 Å². The van der Waals surface area contributed by atoms with Crippen LogP contribution in [0.15, 0.2) is 35.2 Å². The van der Waals surface area contributed by atoms with Crippen molar-refractivity contribution < 1.29 is 9.90 Å². The Morgan fingerprint density at radius 1 is 1.09 bits per heavy atom. The van der Waals surface area contributed by atoms with Crippen molar-refractivity contribution in [1.82, 2.24) is 0 Å². The van der Waals surface area contributed by atoms with E-state index in [2.05, 4.69) is 0 Å². The maximum Gasteiger partial charge on any atom is 0.0548 e. The molecule has 4 saturated carbocycles. The van der Waals surface area contributed by atoms with Gasteiger partial charge in [-0.25, -0.2) is 0 Å². The van der Waals surface area contributed by atoms with Crippen LogP contribution in [0.5, 0.6) is 0 Å². The number of hydrogen-bond donors (Lipinski definition) is 0. The van der Waals surface area contributed by atoms with E-state index in [0.717, 1.165) is 35.5 Å². The van der Waals surface area contributed by atoms with Gasteiger partial charge in [-0.2, -0.15) is 0 Å². The van der Waals surface area contributed by atoms with Crippen LogP contribution >= 0.6 is 11.8 Å². The van der Waals surface area contributed by atoms with Crippen LogP contribution in [-0.4, -0.2) is 11.2 Å². The number of benzene rings is 1. The molecule has 4 aliphatic rings. The van der Waals surface area contributed by atoms with Crippen molar-refractivity contribution in [2.24, 2.45) is 23.2 Å². The Bertz CT molecular complexity index is 533. The second-order valence-corrected chi connectivity index (χ2v) is 9.47. The van der Waals surface area contributed by atoms with Gasteiger partial charge in [0.25, 0.3) is 0 Å². The van der Waals surface area contributed by atoms with E-state index in [-0.39, 0.29) is 0 Å². The standard InChI is InChI=1S/C20H26O2S/c21-19(22)18(23-17-4-2-1-3-5-17)6-7-20-11-14-8-15(12-20)10-16(9-14)13-20/h1-5,14-16,18H,6-13H2,(H,21,22)/p-1. The molecular formula is C20H25O2S-. The topological polar surface area (TPSA) is 40.1 Å². The van der Waals surface area contributed by atoms with Gasteiger partial charge in [-0.15, -0.1) is 11.8 Å². The van der Waals surface area contributed by atoms with E-state index >= 15 is 0 Å². The summed E-state index contributed by atoms with van der Waals surface area (Å²) in [5.74, 6) is 1.90. The zero-order chi connectivity index (χ0) is 15.9. The Labute approximate surface area is 143 Å². The zero-order valence-corrected chi connectivity index (χ0v) is 14.4. The lowest BCUT2D eigenvalue weighted by molar-refractivity contribution is -0.305.